The van der Waals surface area contributed by atoms with E-state index in [9.17, 15) is 5.26 Å². The molecule has 5 heteroatoms. The van der Waals surface area contributed by atoms with Crippen LogP contribution in [0.2, 0.25) is 0 Å². The number of hydrogen-bond acceptors (Lipinski definition) is 4. The first-order valence-electron chi connectivity index (χ1n) is 7.98. The second-order valence-corrected chi connectivity index (χ2v) is 7.84. The average molecular weight is 336 g/mol. The Morgan fingerprint density at radius 2 is 1.92 bits per heavy atom. The van der Waals surface area contributed by atoms with Gasteiger partial charge in [0.05, 0.1) is 10.4 Å². The van der Waals surface area contributed by atoms with Gasteiger partial charge in [0.25, 0.3) is 0 Å². The molecule has 0 amide bonds. The van der Waals surface area contributed by atoms with Crippen LogP contribution in [0, 0.1) is 11.3 Å². The van der Waals surface area contributed by atoms with Gasteiger partial charge in [-0.1, -0.05) is 52.0 Å². The fourth-order valence-electron chi connectivity index (χ4n) is 2.74. The van der Waals surface area contributed by atoms with Crippen molar-refractivity contribution in [1.29, 1.82) is 5.26 Å². The van der Waals surface area contributed by atoms with E-state index in [0.717, 1.165) is 32.9 Å². The highest BCUT2D eigenvalue weighted by molar-refractivity contribution is 7.16. The van der Waals surface area contributed by atoms with Crippen molar-refractivity contribution in [2.45, 2.75) is 39.5 Å². The molecule has 0 atom stereocenters. The number of benzene rings is 1. The van der Waals surface area contributed by atoms with Crippen LogP contribution < -0.4 is 0 Å². The van der Waals surface area contributed by atoms with Crippen LogP contribution >= 0.6 is 11.3 Å². The minimum Gasteiger partial charge on any atom is -0.259 e. The van der Waals surface area contributed by atoms with Crippen LogP contribution in [-0.2, 0) is 11.8 Å². The zero-order chi connectivity index (χ0) is 17.3. The van der Waals surface area contributed by atoms with Gasteiger partial charge in [0.15, 0.2) is 5.82 Å². The highest BCUT2D eigenvalue weighted by Crippen LogP contribution is 2.42. The lowest BCUT2D eigenvalue weighted by molar-refractivity contribution is 0.590. The van der Waals surface area contributed by atoms with Crippen LogP contribution in [0.4, 0.5) is 0 Å². The van der Waals surface area contributed by atoms with Crippen molar-refractivity contribution in [3.63, 3.8) is 0 Å². The Kier molecular flexibility index (Phi) is 4.25. The third-order valence-electron chi connectivity index (χ3n) is 4.08. The van der Waals surface area contributed by atoms with Crippen molar-refractivity contribution in [2.75, 3.05) is 0 Å². The molecule has 0 aliphatic carbocycles. The third kappa shape index (κ3) is 2.85. The quantitative estimate of drug-likeness (QED) is 0.737. The van der Waals surface area contributed by atoms with E-state index in [2.05, 4.69) is 73.2 Å². The molecule has 4 nitrogen and oxygen atoms in total. The highest BCUT2D eigenvalue weighted by Gasteiger charge is 2.22. The van der Waals surface area contributed by atoms with Crippen molar-refractivity contribution in [2.24, 2.45) is 0 Å². The van der Waals surface area contributed by atoms with Gasteiger partial charge in [-0.2, -0.15) is 10.4 Å². The second-order valence-electron chi connectivity index (χ2n) is 6.73. The van der Waals surface area contributed by atoms with Gasteiger partial charge in [-0.3, -0.25) is 5.10 Å². The van der Waals surface area contributed by atoms with Gasteiger partial charge in [-0.15, -0.1) is 11.3 Å². The van der Waals surface area contributed by atoms with Crippen molar-refractivity contribution >= 4 is 11.3 Å². The molecule has 0 saturated heterocycles. The van der Waals surface area contributed by atoms with Crippen molar-refractivity contribution < 1.29 is 0 Å². The number of rotatable bonds is 3. The van der Waals surface area contributed by atoms with Crippen molar-refractivity contribution in [1.82, 2.24) is 15.2 Å². The SMILES string of the molecule is CCc1sc(-c2ncn[nH]2)c(-c2ccc(C(C)(C)C)cc2)c1C#N. The monoisotopic (exact) mass is 336 g/mol. The first-order chi connectivity index (χ1) is 11.5. The zero-order valence-corrected chi connectivity index (χ0v) is 15.2. The molecule has 0 saturated carbocycles. The number of H-pyrrole nitrogens is 1. The first kappa shape index (κ1) is 16.4. The Bertz CT molecular complexity index is 875. The summed E-state index contributed by atoms with van der Waals surface area (Å²) in [5.74, 6) is 0.714. The summed E-state index contributed by atoms with van der Waals surface area (Å²) in [6.07, 6.45) is 2.33. The van der Waals surface area contributed by atoms with Gasteiger partial charge in [-0.25, -0.2) is 4.98 Å². The van der Waals surface area contributed by atoms with Gasteiger partial charge in [0.2, 0.25) is 0 Å². The molecule has 0 fully saturated rings. The molecule has 3 aromatic rings. The summed E-state index contributed by atoms with van der Waals surface area (Å²) in [7, 11) is 0. The molecule has 3 rings (SSSR count). The fourth-order valence-corrected chi connectivity index (χ4v) is 3.90. The highest BCUT2D eigenvalue weighted by atomic mass is 32.1. The third-order valence-corrected chi connectivity index (χ3v) is 5.42. The molecule has 0 aliphatic heterocycles. The molecule has 2 aromatic heterocycles. The van der Waals surface area contributed by atoms with E-state index in [1.54, 1.807) is 11.3 Å². The topological polar surface area (TPSA) is 65.4 Å². The molecule has 0 bridgehead atoms. The van der Waals surface area contributed by atoms with E-state index in [4.69, 9.17) is 0 Å². The Labute approximate surface area is 146 Å². The van der Waals surface area contributed by atoms with E-state index in [-0.39, 0.29) is 5.41 Å². The van der Waals surface area contributed by atoms with Crippen LogP contribution in [0.5, 0.6) is 0 Å². The number of nitrogens with one attached hydrogen (secondary N) is 1. The summed E-state index contributed by atoms with van der Waals surface area (Å²) in [6.45, 7) is 8.66. The van der Waals surface area contributed by atoms with Gasteiger partial charge >= 0.3 is 0 Å². The summed E-state index contributed by atoms with van der Waals surface area (Å²) >= 11 is 1.62. The fraction of sp³-hybridized carbons (Fsp3) is 0.316. The molecule has 1 aromatic carbocycles. The number of thiophene rings is 1. The smallest absolute Gasteiger partial charge is 0.166 e. The maximum atomic E-state index is 9.70. The first-order valence-corrected chi connectivity index (χ1v) is 8.79. The molecule has 0 aliphatic rings. The number of nitrogens with zero attached hydrogens (tertiary/aromatic N) is 3. The molecular weight excluding hydrogens is 316 g/mol. The summed E-state index contributed by atoms with van der Waals surface area (Å²) in [6, 6.07) is 10.9. The predicted molar refractivity (Wildman–Crippen MR) is 97.9 cm³/mol. The lowest BCUT2D eigenvalue weighted by Crippen LogP contribution is -2.10. The van der Waals surface area contributed by atoms with E-state index in [0.29, 0.717) is 5.82 Å². The average Bonchev–Trinajstić information content (AvgIpc) is 3.20. The molecule has 0 radical (unpaired) electrons. The summed E-state index contributed by atoms with van der Waals surface area (Å²) in [4.78, 5) is 6.35. The Morgan fingerprint density at radius 3 is 2.42 bits per heavy atom. The molecule has 2 heterocycles. The van der Waals surface area contributed by atoms with Crippen molar-refractivity contribution in [3.8, 4) is 27.9 Å². The summed E-state index contributed by atoms with van der Waals surface area (Å²) < 4.78 is 0. The van der Waals surface area contributed by atoms with Crippen LogP contribution in [0.1, 0.15) is 43.7 Å². The minimum atomic E-state index is 0.105. The predicted octanol–water partition coefficient (Wildman–Crippen LogP) is 4.93. The standard InChI is InChI=1S/C19H20N4S/c1-5-15-14(10-20)16(17(24-15)18-21-11-22-23-18)12-6-8-13(9-7-12)19(2,3)4/h6-9,11H,5H2,1-4H3,(H,21,22,23). The molecule has 0 unspecified atom stereocenters. The number of aryl methyl sites for hydroxylation is 1. The normalized spacial score (nSPS) is 11.5. The largest absolute Gasteiger partial charge is 0.259 e. The zero-order valence-electron chi connectivity index (χ0n) is 14.3. The lowest BCUT2D eigenvalue weighted by Gasteiger charge is -2.19. The van der Waals surface area contributed by atoms with Crippen LogP contribution in [-0.4, -0.2) is 15.2 Å². The molecule has 122 valence electrons. The summed E-state index contributed by atoms with van der Waals surface area (Å²) in [5, 5.41) is 16.6. The second kappa shape index (κ2) is 6.21. The number of aromatic amines is 1. The van der Waals surface area contributed by atoms with Crippen LogP contribution in [0.3, 0.4) is 0 Å². The number of hydrogen-bond donors (Lipinski definition) is 1. The molecule has 0 spiro atoms. The van der Waals surface area contributed by atoms with Gasteiger partial charge in [0, 0.05) is 10.4 Å². The van der Waals surface area contributed by atoms with E-state index in [1.165, 1.54) is 11.9 Å². The molecular formula is C19H20N4S. The maximum absolute atomic E-state index is 9.70. The Hall–Kier alpha value is -2.45. The molecule has 24 heavy (non-hydrogen) atoms. The minimum absolute atomic E-state index is 0.105. The van der Waals surface area contributed by atoms with E-state index >= 15 is 0 Å². The number of nitriles is 1. The van der Waals surface area contributed by atoms with E-state index < -0.39 is 0 Å². The van der Waals surface area contributed by atoms with E-state index in [1.807, 2.05) is 0 Å². The van der Waals surface area contributed by atoms with Crippen LogP contribution in [0.15, 0.2) is 30.6 Å². The van der Waals surface area contributed by atoms with Gasteiger partial charge in [0.1, 0.15) is 12.4 Å². The van der Waals surface area contributed by atoms with Gasteiger partial charge in [-0.05, 0) is 23.0 Å². The maximum Gasteiger partial charge on any atom is 0.166 e. The number of aromatic nitrogens is 3. The van der Waals surface area contributed by atoms with Gasteiger partial charge < -0.3 is 0 Å². The van der Waals surface area contributed by atoms with Crippen LogP contribution in [0.25, 0.3) is 21.8 Å². The lowest BCUT2D eigenvalue weighted by atomic mass is 9.86. The Balaban J connectivity index is 2.20. The molecule has 1 N–H and O–H groups in total. The Morgan fingerprint density at radius 1 is 1.21 bits per heavy atom. The van der Waals surface area contributed by atoms with Crippen molar-refractivity contribution in [3.05, 3.63) is 46.6 Å². The summed E-state index contributed by atoms with van der Waals surface area (Å²) in [5.41, 5.74) is 4.13.